The van der Waals surface area contributed by atoms with Gasteiger partial charge in [0.05, 0.1) is 12.2 Å². The fourth-order valence-electron chi connectivity index (χ4n) is 1.05. The van der Waals surface area contributed by atoms with Crippen LogP contribution in [0, 0.1) is 0 Å². The summed E-state index contributed by atoms with van der Waals surface area (Å²) in [7, 11) is 0. The molecule has 0 aliphatic carbocycles. The minimum absolute atomic E-state index is 0.00506. The average Bonchev–Trinajstić information content (AvgIpc) is 2.01. The molecule has 0 saturated carbocycles. The van der Waals surface area contributed by atoms with Gasteiger partial charge in [-0.2, -0.15) is 0 Å². The highest BCUT2D eigenvalue weighted by atomic mass is 16.5. The zero-order chi connectivity index (χ0) is 10.2. The van der Waals surface area contributed by atoms with Gasteiger partial charge in [0.2, 0.25) is 0 Å². The molecular formula is C11H25NO. The molecule has 0 aromatic carbocycles. The predicted molar refractivity (Wildman–Crippen MR) is 58.1 cm³/mol. The molecule has 0 unspecified atom stereocenters. The van der Waals surface area contributed by atoms with Gasteiger partial charge in [-0.15, -0.1) is 0 Å². The summed E-state index contributed by atoms with van der Waals surface area (Å²) in [4.78, 5) is 0. The Balaban J connectivity index is 3.00. The molecule has 0 fully saturated rings. The van der Waals surface area contributed by atoms with Crippen LogP contribution in [0.5, 0.6) is 0 Å². The molecule has 0 aromatic rings. The van der Waals surface area contributed by atoms with E-state index in [4.69, 9.17) is 4.74 Å². The van der Waals surface area contributed by atoms with Crippen molar-refractivity contribution >= 4 is 0 Å². The van der Waals surface area contributed by atoms with Gasteiger partial charge in [0.25, 0.3) is 0 Å². The molecule has 2 nitrogen and oxygen atoms in total. The van der Waals surface area contributed by atoms with Gasteiger partial charge in [0, 0.05) is 6.54 Å². The number of nitrogens with one attached hydrogen (secondary N) is 1. The summed E-state index contributed by atoms with van der Waals surface area (Å²) < 4.78 is 5.57. The average molecular weight is 187 g/mol. The minimum atomic E-state index is 0.00506. The van der Waals surface area contributed by atoms with E-state index in [-0.39, 0.29) is 5.60 Å². The first-order chi connectivity index (χ1) is 6.06. The van der Waals surface area contributed by atoms with E-state index < -0.39 is 0 Å². The summed E-state index contributed by atoms with van der Waals surface area (Å²) in [5.41, 5.74) is 0.00506. The third-order valence-electron chi connectivity index (χ3n) is 1.77. The molecule has 0 aliphatic rings. The van der Waals surface area contributed by atoms with Crippen molar-refractivity contribution in [3.63, 3.8) is 0 Å². The lowest BCUT2D eigenvalue weighted by atomic mass is 10.2. The van der Waals surface area contributed by atoms with E-state index >= 15 is 0 Å². The van der Waals surface area contributed by atoms with Gasteiger partial charge in [-0.3, -0.25) is 0 Å². The maximum Gasteiger partial charge on any atom is 0.0599 e. The van der Waals surface area contributed by atoms with Gasteiger partial charge < -0.3 is 10.1 Å². The van der Waals surface area contributed by atoms with Crippen molar-refractivity contribution in [2.45, 2.75) is 52.6 Å². The van der Waals surface area contributed by atoms with Gasteiger partial charge in [0.1, 0.15) is 0 Å². The minimum Gasteiger partial charge on any atom is -0.375 e. The van der Waals surface area contributed by atoms with Crippen LogP contribution in [0.2, 0.25) is 0 Å². The predicted octanol–water partition coefficient (Wildman–Crippen LogP) is 2.58. The summed E-state index contributed by atoms with van der Waals surface area (Å²) in [6.45, 7) is 11.4. The largest absolute Gasteiger partial charge is 0.375 e. The second-order valence-electron chi connectivity index (χ2n) is 4.42. The zero-order valence-corrected chi connectivity index (χ0v) is 9.65. The topological polar surface area (TPSA) is 21.3 Å². The monoisotopic (exact) mass is 187 g/mol. The number of unbranched alkanes of at least 4 members (excludes halogenated alkanes) is 2. The van der Waals surface area contributed by atoms with E-state index in [1.165, 1.54) is 19.3 Å². The standard InChI is InChI=1S/C11H25NO/c1-5-6-7-8-12-9-10-13-11(2,3)4/h12H,5-10H2,1-4H3. The number of hydrogen-bond acceptors (Lipinski definition) is 2. The van der Waals surface area contributed by atoms with Crippen molar-refractivity contribution in [1.29, 1.82) is 0 Å². The highest BCUT2D eigenvalue weighted by Gasteiger charge is 2.08. The Kier molecular flexibility index (Phi) is 7.29. The molecule has 1 N–H and O–H groups in total. The molecule has 0 atom stereocenters. The fraction of sp³-hybridized carbons (Fsp3) is 1.00. The van der Waals surface area contributed by atoms with Crippen LogP contribution in [0.15, 0.2) is 0 Å². The first-order valence-corrected chi connectivity index (χ1v) is 5.41. The van der Waals surface area contributed by atoms with Gasteiger partial charge in [-0.05, 0) is 33.7 Å². The lowest BCUT2D eigenvalue weighted by Crippen LogP contribution is -2.27. The van der Waals surface area contributed by atoms with Crippen LogP contribution in [0.1, 0.15) is 47.0 Å². The molecule has 0 rings (SSSR count). The van der Waals surface area contributed by atoms with Gasteiger partial charge in [-0.25, -0.2) is 0 Å². The molecule has 2 heteroatoms. The van der Waals surface area contributed by atoms with Gasteiger partial charge in [0.15, 0.2) is 0 Å². The summed E-state index contributed by atoms with van der Waals surface area (Å²) >= 11 is 0. The van der Waals surface area contributed by atoms with Crippen LogP contribution >= 0.6 is 0 Å². The van der Waals surface area contributed by atoms with E-state index in [0.717, 1.165) is 19.7 Å². The molecule has 0 spiro atoms. The van der Waals surface area contributed by atoms with Gasteiger partial charge >= 0.3 is 0 Å². The van der Waals surface area contributed by atoms with Crippen LogP contribution in [0.3, 0.4) is 0 Å². The van der Waals surface area contributed by atoms with E-state index in [1.807, 2.05) is 0 Å². The molecule has 0 amide bonds. The molecule has 13 heavy (non-hydrogen) atoms. The molecule has 0 radical (unpaired) electrons. The maximum absolute atomic E-state index is 5.57. The summed E-state index contributed by atoms with van der Waals surface area (Å²) in [6.07, 6.45) is 3.90. The summed E-state index contributed by atoms with van der Waals surface area (Å²) in [6, 6.07) is 0. The van der Waals surface area contributed by atoms with Crippen LogP contribution in [-0.4, -0.2) is 25.3 Å². The number of rotatable bonds is 7. The van der Waals surface area contributed by atoms with Crippen LogP contribution in [0.4, 0.5) is 0 Å². The van der Waals surface area contributed by atoms with E-state index in [2.05, 4.69) is 33.0 Å². The molecule has 0 aliphatic heterocycles. The van der Waals surface area contributed by atoms with E-state index in [9.17, 15) is 0 Å². The second kappa shape index (κ2) is 7.34. The summed E-state index contributed by atoms with van der Waals surface area (Å²) in [5.74, 6) is 0. The Morgan fingerprint density at radius 2 is 1.77 bits per heavy atom. The molecule has 0 bridgehead atoms. The molecule has 0 heterocycles. The Hall–Kier alpha value is -0.0800. The van der Waals surface area contributed by atoms with Crippen LogP contribution in [-0.2, 0) is 4.74 Å². The lowest BCUT2D eigenvalue weighted by molar-refractivity contribution is -0.000755. The van der Waals surface area contributed by atoms with Crippen molar-refractivity contribution in [3.05, 3.63) is 0 Å². The van der Waals surface area contributed by atoms with Gasteiger partial charge in [-0.1, -0.05) is 19.8 Å². The number of hydrogen-bond donors (Lipinski definition) is 1. The quantitative estimate of drug-likeness (QED) is 0.619. The van der Waals surface area contributed by atoms with Crippen molar-refractivity contribution in [3.8, 4) is 0 Å². The summed E-state index contributed by atoms with van der Waals surface area (Å²) in [5, 5.41) is 3.37. The maximum atomic E-state index is 5.57. The Morgan fingerprint density at radius 1 is 1.08 bits per heavy atom. The smallest absolute Gasteiger partial charge is 0.0599 e. The fourth-order valence-corrected chi connectivity index (χ4v) is 1.05. The second-order valence-corrected chi connectivity index (χ2v) is 4.42. The Bertz CT molecular complexity index is 107. The number of ether oxygens (including phenoxy) is 1. The molecular weight excluding hydrogens is 162 g/mol. The first kappa shape index (κ1) is 12.9. The third-order valence-corrected chi connectivity index (χ3v) is 1.77. The highest BCUT2D eigenvalue weighted by Crippen LogP contribution is 2.04. The van der Waals surface area contributed by atoms with Crippen molar-refractivity contribution in [1.82, 2.24) is 5.32 Å². The van der Waals surface area contributed by atoms with Crippen LogP contribution < -0.4 is 5.32 Å². The van der Waals surface area contributed by atoms with Crippen LogP contribution in [0.25, 0.3) is 0 Å². The SMILES string of the molecule is CCCCCNCCOC(C)(C)C. The normalized spacial score (nSPS) is 12.0. The molecule has 80 valence electrons. The first-order valence-electron chi connectivity index (χ1n) is 5.41. The highest BCUT2D eigenvalue weighted by molar-refractivity contribution is 4.59. The zero-order valence-electron chi connectivity index (χ0n) is 9.65. The molecule has 0 aromatic heterocycles. The van der Waals surface area contributed by atoms with Crippen molar-refractivity contribution < 1.29 is 4.74 Å². The van der Waals surface area contributed by atoms with Crippen molar-refractivity contribution in [2.24, 2.45) is 0 Å². The molecule has 0 saturated heterocycles. The Morgan fingerprint density at radius 3 is 2.31 bits per heavy atom. The van der Waals surface area contributed by atoms with E-state index in [0.29, 0.717) is 0 Å². The van der Waals surface area contributed by atoms with Crippen molar-refractivity contribution in [2.75, 3.05) is 19.7 Å². The Labute approximate surface area is 83.1 Å². The lowest BCUT2D eigenvalue weighted by Gasteiger charge is -2.19. The third kappa shape index (κ3) is 11.9. The van der Waals surface area contributed by atoms with E-state index in [1.54, 1.807) is 0 Å².